The van der Waals surface area contributed by atoms with Gasteiger partial charge < -0.3 is 10.6 Å². The van der Waals surface area contributed by atoms with Crippen LogP contribution in [0, 0.1) is 0 Å². The summed E-state index contributed by atoms with van der Waals surface area (Å²) in [5, 5.41) is 6.37. The molecule has 30 heavy (non-hydrogen) atoms. The van der Waals surface area contributed by atoms with Gasteiger partial charge in [-0.2, -0.15) is 0 Å². The highest BCUT2D eigenvalue weighted by molar-refractivity contribution is 6.33. The second kappa shape index (κ2) is 11.1. The van der Waals surface area contributed by atoms with Gasteiger partial charge in [0.1, 0.15) is 0 Å². The first-order valence-electron chi connectivity index (χ1n) is 10.3. The molecule has 3 rings (SSSR count). The first-order chi connectivity index (χ1) is 14.5. The highest BCUT2D eigenvalue weighted by Gasteiger charge is 2.21. The van der Waals surface area contributed by atoms with Gasteiger partial charge in [0, 0.05) is 25.7 Å². The molecular formula is C23H29ClN4O2. The number of benzene rings is 2. The topological polar surface area (TPSA) is 64.7 Å². The number of para-hydroxylation sites is 1. The van der Waals surface area contributed by atoms with Crippen LogP contribution in [-0.2, 0) is 16.1 Å². The van der Waals surface area contributed by atoms with E-state index in [1.54, 1.807) is 30.1 Å². The van der Waals surface area contributed by atoms with E-state index in [2.05, 4.69) is 39.8 Å². The molecule has 0 unspecified atom stereocenters. The summed E-state index contributed by atoms with van der Waals surface area (Å²) < 4.78 is 0. The van der Waals surface area contributed by atoms with E-state index in [0.717, 1.165) is 32.5 Å². The quantitative estimate of drug-likeness (QED) is 0.678. The fraction of sp³-hybridized carbons (Fsp3) is 0.391. The molecule has 2 aromatic rings. The van der Waals surface area contributed by atoms with Gasteiger partial charge in [0.15, 0.2) is 0 Å². The number of anilines is 1. The van der Waals surface area contributed by atoms with E-state index in [-0.39, 0.29) is 30.9 Å². The number of nitrogens with one attached hydrogen (secondary N) is 2. The highest BCUT2D eigenvalue weighted by Crippen LogP contribution is 2.20. The van der Waals surface area contributed by atoms with Crippen LogP contribution < -0.4 is 10.6 Å². The minimum atomic E-state index is -0.201. The van der Waals surface area contributed by atoms with Gasteiger partial charge in [0.05, 0.1) is 23.8 Å². The summed E-state index contributed by atoms with van der Waals surface area (Å²) in [5.41, 5.74) is 1.89. The van der Waals surface area contributed by atoms with Crippen LogP contribution in [0.25, 0.3) is 0 Å². The molecule has 0 spiro atoms. The molecule has 0 aromatic heterocycles. The van der Waals surface area contributed by atoms with Crippen LogP contribution in [-0.4, -0.2) is 60.9 Å². The Morgan fingerprint density at radius 2 is 1.63 bits per heavy atom. The SMILES string of the molecule is CN(CC(=O)Nc1ccccc1Cl)CC(=O)NC1CCN(Cc2ccccc2)CC1. The van der Waals surface area contributed by atoms with Crippen molar-refractivity contribution in [3.63, 3.8) is 0 Å². The number of carbonyl (C=O) groups excluding carboxylic acids is 2. The molecule has 6 nitrogen and oxygen atoms in total. The Balaban J connectivity index is 1.35. The summed E-state index contributed by atoms with van der Waals surface area (Å²) in [6.07, 6.45) is 1.88. The van der Waals surface area contributed by atoms with Crippen molar-refractivity contribution in [2.24, 2.45) is 0 Å². The zero-order valence-electron chi connectivity index (χ0n) is 17.3. The third kappa shape index (κ3) is 7.13. The molecule has 1 aliphatic rings. The Hall–Kier alpha value is -2.41. The summed E-state index contributed by atoms with van der Waals surface area (Å²) >= 11 is 6.06. The molecule has 0 aliphatic carbocycles. The third-order valence-corrected chi connectivity index (χ3v) is 5.51. The second-order valence-corrected chi connectivity index (χ2v) is 8.21. The lowest BCUT2D eigenvalue weighted by Crippen LogP contribution is -2.47. The lowest BCUT2D eigenvalue weighted by Gasteiger charge is -2.32. The van der Waals surface area contributed by atoms with Gasteiger partial charge >= 0.3 is 0 Å². The van der Waals surface area contributed by atoms with Gasteiger partial charge in [0.2, 0.25) is 11.8 Å². The second-order valence-electron chi connectivity index (χ2n) is 7.80. The minimum Gasteiger partial charge on any atom is -0.352 e. The number of hydrogen-bond acceptors (Lipinski definition) is 4. The molecule has 0 bridgehead atoms. The summed E-state index contributed by atoms with van der Waals surface area (Å²) in [7, 11) is 1.76. The number of nitrogens with zero attached hydrogens (tertiary/aromatic N) is 2. The van der Waals surface area contributed by atoms with Gasteiger partial charge in [-0.3, -0.25) is 19.4 Å². The van der Waals surface area contributed by atoms with Crippen LogP contribution in [0.4, 0.5) is 5.69 Å². The Labute approximate surface area is 183 Å². The van der Waals surface area contributed by atoms with Crippen molar-refractivity contribution in [1.29, 1.82) is 0 Å². The van der Waals surface area contributed by atoms with Gasteiger partial charge in [-0.05, 0) is 37.6 Å². The lowest BCUT2D eigenvalue weighted by molar-refractivity contribution is -0.123. The zero-order valence-corrected chi connectivity index (χ0v) is 18.1. The minimum absolute atomic E-state index is 0.0513. The van der Waals surface area contributed by atoms with Crippen LogP contribution in [0.15, 0.2) is 54.6 Å². The smallest absolute Gasteiger partial charge is 0.238 e. The van der Waals surface area contributed by atoms with Crippen LogP contribution in [0.1, 0.15) is 18.4 Å². The van der Waals surface area contributed by atoms with Gasteiger partial charge in [-0.1, -0.05) is 54.1 Å². The zero-order chi connectivity index (χ0) is 21.3. The number of piperidine rings is 1. The highest BCUT2D eigenvalue weighted by atomic mass is 35.5. The number of halogens is 1. The van der Waals surface area contributed by atoms with E-state index >= 15 is 0 Å². The van der Waals surface area contributed by atoms with E-state index in [4.69, 9.17) is 11.6 Å². The van der Waals surface area contributed by atoms with E-state index in [0.29, 0.717) is 10.7 Å². The van der Waals surface area contributed by atoms with Crippen LogP contribution >= 0.6 is 11.6 Å². The summed E-state index contributed by atoms with van der Waals surface area (Å²) in [5.74, 6) is -0.253. The lowest BCUT2D eigenvalue weighted by atomic mass is 10.0. The van der Waals surface area contributed by atoms with Gasteiger partial charge in [-0.25, -0.2) is 0 Å². The van der Waals surface area contributed by atoms with E-state index in [9.17, 15) is 9.59 Å². The van der Waals surface area contributed by atoms with E-state index < -0.39 is 0 Å². The Morgan fingerprint density at radius 3 is 2.33 bits per heavy atom. The molecule has 0 radical (unpaired) electrons. The molecule has 2 N–H and O–H groups in total. The van der Waals surface area contributed by atoms with Crippen molar-refractivity contribution in [3.05, 3.63) is 65.2 Å². The molecule has 0 atom stereocenters. The number of likely N-dealkylation sites (N-methyl/N-ethyl adjacent to an activating group) is 1. The van der Waals surface area contributed by atoms with Crippen molar-refractivity contribution >= 4 is 29.1 Å². The number of likely N-dealkylation sites (tertiary alicyclic amines) is 1. The van der Waals surface area contributed by atoms with Crippen molar-refractivity contribution < 1.29 is 9.59 Å². The average Bonchev–Trinajstić information content (AvgIpc) is 2.72. The third-order valence-electron chi connectivity index (χ3n) is 5.18. The van der Waals surface area contributed by atoms with Crippen molar-refractivity contribution in [2.45, 2.75) is 25.4 Å². The molecule has 2 aromatic carbocycles. The predicted molar refractivity (Wildman–Crippen MR) is 120 cm³/mol. The normalized spacial score (nSPS) is 15.2. The first kappa shape index (κ1) is 22.3. The van der Waals surface area contributed by atoms with Crippen molar-refractivity contribution in [2.75, 3.05) is 38.5 Å². The maximum Gasteiger partial charge on any atom is 0.238 e. The molecule has 7 heteroatoms. The first-order valence-corrected chi connectivity index (χ1v) is 10.7. The molecule has 160 valence electrons. The fourth-order valence-electron chi connectivity index (χ4n) is 3.65. The van der Waals surface area contributed by atoms with Crippen LogP contribution in [0.3, 0.4) is 0 Å². The molecule has 1 fully saturated rings. The Kier molecular flexibility index (Phi) is 8.25. The van der Waals surface area contributed by atoms with Crippen molar-refractivity contribution in [3.8, 4) is 0 Å². The van der Waals surface area contributed by atoms with Crippen molar-refractivity contribution in [1.82, 2.24) is 15.1 Å². The molecule has 2 amide bonds. The van der Waals surface area contributed by atoms with E-state index in [1.165, 1.54) is 5.56 Å². The van der Waals surface area contributed by atoms with E-state index in [1.807, 2.05) is 12.1 Å². The monoisotopic (exact) mass is 428 g/mol. The molecule has 1 heterocycles. The average molecular weight is 429 g/mol. The molecule has 0 saturated carbocycles. The van der Waals surface area contributed by atoms with Gasteiger partial charge in [0.25, 0.3) is 0 Å². The molecule has 1 aliphatic heterocycles. The number of hydrogen-bond donors (Lipinski definition) is 2. The maximum absolute atomic E-state index is 12.4. The molecular weight excluding hydrogens is 400 g/mol. The van der Waals surface area contributed by atoms with Gasteiger partial charge in [-0.15, -0.1) is 0 Å². The fourth-order valence-corrected chi connectivity index (χ4v) is 3.83. The predicted octanol–water partition coefficient (Wildman–Crippen LogP) is 2.99. The molecule has 1 saturated heterocycles. The summed E-state index contributed by atoms with van der Waals surface area (Å²) in [6, 6.07) is 17.7. The Bertz CT molecular complexity index is 838. The number of amides is 2. The Morgan fingerprint density at radius 1 is 1.00 bits per heavy atom. The summed E-state index contributed by atoms with van der Waals surface area (Å²) in [4.78, 5) is 28.7. The van der Waals surface area contributed by atoms with Crippen LogP contribution in [0.2, 0.25) is 5.02 Å². The van der Waals surface area contributed by atoms with Crippen LogP contribution in [0.5, 0.6) is 0 Å². The number of carbonyl (C=O) groups is 2. The summed E-state index contributed by atoms with van der Waals surface area (Å²) in [6.45, 7) is 3.19. The maximum atomic E-state index is 12.4. The largest absolute Gasteiger partial charge is 0.352 e. The standard InChI is InChI=1S/C23H29ClN4O2/c1-27(17-23(30)26-21-10-6-5-9-20(21)24)16-22(29)25-19-11-13-28(14-12-19)15-18-7-3-2-4-8-18/h2-10,19H,11-17H2,1H3,(H,25,29)(H,26,30). The number of rotatable bonds is 8.